The zero-order chi connectivity index (χ0) is 45.8. The number of fused-ring (bicyclic) bond motifs is 3. The molecule has 0 spiro atoms. The van der Waals surface area contributed by atoms with Crippen LogP contribution in [0.3, 0.4) is 0 Å². The number of nitrogens with zero attached hydrogens (tertiary/aromatic N) is 3. The number of aromatic nitrogens is 6. The van der Waals surface area contributed by atoms with E-state index >= 15 is 0 Å². The molecule has 0 saturated heterocycles. The molecule has 6 N–H and O–H groups in total. The first-order valence-electron chi connectivity index (χ1n) is 18.9. The minimum Gasteiger partial charge on any atom is -0.497 e. The highest BCUT2D eigenvalue weighted by Gasteiger charge is 2.15. The lowest BCUT2D eigenvalue weighted by Gasteiger charge is -2.02. The molecule has 0 fully saturated rings. The van der Waals surface area contributed by atoms with Crippen LogP contribution < -0.4 is 14.2 Å². The number of hydrogen-bond donors (Lipinski definition) is 6. The van der Waals surface area contributed by atoms with Gasteiger partial charge in [0, 0.05) is 16.7 Å². The monoisotopic (exact) mass is 926 g/mol. The third-order valence-electron chi connectivity index (χ3n) is 9.40. The fourth-order valence-electron chi connectivity index (χ4n) is 6.25. The van der Waals surface area contributed by atoms with Crippen LogP contribution in [0.2, 0.25) is 0 Å². The second kappa shape index (κ2) is 18.3. The molecule has 21 heteroatoms. The van der Waals surface area contributed by atoms with Gasteiger partial charge in [-0.25, -0.2) is 15.0 Å². The van der Waals surface area contributed by atoms with Crippen molar-refractivity contribution >= 4 is 63.5 Å². The molecule has 9 aromatic rings. The Kier molecular flexibility index (Phi) is 12.8. The molecule has 0 unspecified atom stereocenters. The summed E-state index contributed by atoms with van der Waals surface area (Å²) in [5, 5.41) is 0. The van der Waals surface area contributed by atoms with Gasteiger partial charge in [-0.15, -0.1) is 0 Å². The molecule has 0 atom stereocenters. The lowest BCUT2D eigenvalue weighted by Crippen LogP contribution is -1.97. The number of methoxy groups -OCH3 is 2. The summed E-state index contributed by atoms with van der Waals surface area (Å²) in [5.41, 5.74) is 5.98. The Morgan fingerprint density at radius 1 is 0.453 bits per heavy atom. The molecule has 9 rings (SSSR count). The quantitative estimate of drug-likeness (QED) is 0.0713. The molecule has 64 heavy (non-hydrogen) atoms. The predicted octanol–water partition coefficient (Wildman–Crippen LogP) is 7.85. The minimum atomic E-state index is -4.23. The summed E-state index contributed by atoms with van der Waals surface area (Å²) in [6, 6.07) is 34.7. The topological polar surface area (TPSA) is 277 Å². The Bertz CT molecular complexity index is 3460. The highest BCUT2D eigenvalue weighted by atomic mass is 32.2. The minimum absolute atomic E-state index is 0.165. The van der Waals surface area contributed by atoms with Crippen LogP contribution >= 0.6 is 0 Å². The van der Waals surface area contributed by atoms with Gasteiger partial charge in [-0.2, -0.15) is 25.3 Å². The highest BCUT2D eigenvalue weighted by molar-refractivity contribution is 7.86. The molecule has 330 valence electrons. The third kappa shape index (κ3) is 10.5. The fraction of sp³-hybridized carbons (Fsp3) is 0.0930. The van der Waals surface area contributed by atoms with Crippen LogP contribution in [0.5, 0.6) is 17.2 Å². The van der Waals surface area contributed by atoms with Crippen LogP contribution in [0.15, 0.2) is 142 Å². The number of nitrogens with one attached hydrogen (secondary N) is 3. The van der Waals surface area contributed by atoms with Crippen molar-refractivity contribution in [2.45, 2.75) is 21.6 Å². The van der Waals surface area contributed by atoms with Gasteiger partial charge in [0.15, 0.2) is 0 Å². The van der Waals surface area contributed by atoms with Gasteiger partial charge in [0.05, 0.1) is 68.6 Å². The smallest absolute Gasteiger partial charge is 0.294 e. The molecule has 3 heterocycles. The first-order valence-corrected chi connectivity index (χ1v) is 23.2. The van der Waals surface area contributed by atoms with E-state index in [0.29, 0.717) is 62.9 Å². The summed E-state index contributed by atoms with van der Waals surface area (Å²) in [6.45, 7) is 2.52. The summed E-state index contributed by atoms with van der Waals surface area (Å²) < 4.78 is 110. The Morgan fingerprint density at radius 3 is 1.19 bits per heavy atom. The number of ether oxygens (including phenoxy) is 3. The molecular formula is C43H38N6O12S3. The number of aromatic amines is 3. The molecular weight excluding hydrogens is 889 g/mol. The van der Waals surface area contributed by atoms with Crippen LogP contribution in [0.25, 0.3) is 67.3 Å². The summed E-state index contributed by atoms with van der Waals surface area (Å²) in [6.07, 6.45) is 0. The average Bonchev–Trinajstić information content (AvgIpc) is 4.03. The highest BCUT2D eigenvalue weighted by Crippen LogP contribution is 2.28. The zero-order valence-electron chi connectivity index (χ0n) is 33.9. The Balaban J connectivity index is 0.000000144. The van der Waals surface area contributed by atoms with Crippen molar-refractivity contribution < 1.29 is 53.1 Å². The van der Waals surface area contributed by atoms with Gasteiger partial charge in [0.1, 0.15) is 34.7 Å². The van der Waals surface area contributed by atoms with Crippen molar-refractivity contribution in [1.29, 1.82) is 0 Å². The van der Waals surface area contributed by atoms with E-state index in [1.807, 2.05) is 79.7 Å². The molecule has 0 amide bonds. The molecule has 0 saturated carbocycles. The van der Waals surface area contributed by atoms with Gasteiger partial charge in [-0.3, -0.25) is 13.7 Å². The van der Waals surface area contributed by atoms with Gasteiger partial charge in [0.25, 0.3) is 30.4 Å². The Morgan fingerprint density at radius 2 is 0.828 bits per heavy atom. The second-order valence-corrected chi connectivity index (χ2v) is 17.9. The normalized spacial score (nSPS) is 11.7. The standard InChI is InChI=1S/C15H14N2O4S.2C14H12N2O4S/c1-2-21-11-5-3-10(4-6-11)15-16-13-8-7-12(22(18,19)20)9-14(13)17-15;1-20-10-4-2-9(3-5-10)14-15-12-7-6-11(21(17,18)19)8-13(12)16-14;1-20-10-4-2-3-9(7-10)14-15-12-6-5-11(21(17,18)19)8-13(12)16-14/h3-9H,2H2,1H3,(H,16,17)(H,18,19,20);2*2-8H,1H3,(H,15,16)(H,17,18,19). The maximum Gasteiger partial charge on any atom is 0.294 e. The van der Waals surface area contributed by atoms with E-state index in [4.69, 9.17) is 27.9 Å². The molecule has 18 nitrogen and oxygen atoms in total. The van der Waals surface area contributed by atoms with E-state index < -0.39 is 30.4 Å². The van der Waals surface area contributed by atoms with Crippen LogP contribution in [0, 0.1) is 0 Å². The molecule has 0 aliphatic carbocycles. The van der Waals surface area contributed by atoms with Crippen molar-refractivity contribution in [3.8, 4) is 51.4 Å². The molecule has 0 aliphatic heterocycles. The van der Waals surface area contributed by atoms with E-state index in [1.165, 1.54) is 36.4 Å². The molecule has 0 bridgehead atoms. The van der Waals surface area contributed by atoms with E-state index in [1.54, 1.807) is 32.4 Å². The largest absolute Gasteiger partial charge is 0.497 e. The van der Waals surface area contributed by atoms with Crippen molar-refractivity contribution in [3.05, 3.63) is 127 Å². The van der Waals surface area contributed by atoms with Gasteiger partial charge >= 0.3 is 0 Å². The first-order chi connectivity index (χ1) is 30.4. The molecule has 3 aromatic heterocycles. The van der Waals surface area contributed by atoms with Crippen LogP contribution in [0.1, 0.15) is 6.92 Å². The second-order valence-electron chi connectivity index (χ2n) is 13.6. The average molecular weight is 927 g/mol. The van der Waals surface area contributed by atoms with Crippen molar-refractivity contribution in [3.63, 3.8) is 0 Å². The van der Waals surface area contributed by atoms with Gasteiger partial charge in [0.2, 0.25) is 0 Å². The van der Waals surface area contributed by atoms with Gasteiger partial charge in [-0.1, -0.05) is 12.1 Å². The van der Waals surface area contributed by atoms with Crippen molar-refractivity contribution in [2.75, 3.05) is 20.8 Å². The summed E-state index contributed by atoms with van der Waals surface area (Å²) in [5.74, 6) is 4.04. The van der Waals surface area contributed by atoms with Crippen LogP contribution in [-0.4, -0.2) is 89.6 Å². The molecule has 0 radical (unpaired) electrons. The lowest BCUT2D eigenvalue weighted by molar-refractivity contribution is 0.340. The van der Waals surface area contributed by atoms with Gasteiger partial charge < -0.3 is 29.2 Å². The summed E-state index contributed by atoms with van der Waals surface area (Å²) in [7, 11) is -9.51. The van der Waals surface area contributed by atoms with E-state index in [9.17, 15) is 25.3 Å². The predicted molar refractivity (Wildman–Crippen MR) is 238 cm³/mol. The fourth-order valence-corrected chi connectivity index (χ4v) is 7.77. The summed E-state index contributed by atoms with van der Waals surface area (Å²) in [4.78, 5) is 21.8. The molecule has 0 aliphatic rings. The summed E-state index contributed by atoms with van der Waals surface area (Å²) >= 11 is 0. The van der Waals surface area contributed by atoms with Crippen molar-refractivity contribution in [1.82, 2.24) is 29.9 Å². The van der Waals surface area contributed by atoms with Gasteiger partial charge in [-0.05, 0) is 122 Å². The number of rotatable bonds is 10. The SMILES string of the molecule is CCOc1ccc(-c2nc3ccc(S(=O)(=O)O)cc3[nH]2)cc1.COc1ccc(-c2nc3ccc(S(=O)(=O)O)cc3[nH]2)cc1.COc1cccc(-c2nc3ccc(S(=O)(=O)O)cc3[nH]2)c1. The number of imidazole rings is 3. The lowest BCUT2D eigenvalue weighted by atomic mass is 10.2. The zero-order valence-corrected chi connectivity index (χ0v) is 36.4. The van der Waals surface area contributed by atoms with E-state index in [-0.39, 0.29) is 14.7 Å². The maximum absolute atomic E-state index is 11.2. The Labute approximate surface area is 366 Å². The van der Waals surface area contributed by atoms with E-state index in [2.05, 4.69) is 29.9 Å². The van der Waals surface area contributed by atoms with Crippen LogP contribution in [-0.2, 0) is 30.4 Å². The maximum atomic E-state index is 11.2. The molecule has 6 aromatic carbocycles. The number of hydrogen-bond acceptors (Lipinski definition) is 12. The van der Waals surface area contributed by atoms with Crippen molar-refractivity contribution in [2.24, 2.45) is 0 Å². The third-order valence-corrected chi connectivity index (χ3v) is 11.9. The number of H-pyrrole nitrogens is 3. The first kappa shape index (κ1) is 44.9. The Hall–Kier alpha value is -7.14. The number of benzene rings is 6. The van der Waals surface area contributed by atoms with E-state index in [0.717, 1.165) is 28.2 Å². The van der Waals surface area contributed by atoms with Crippen LogP contribution in [0.4, 0.5) is 0 Å².